The Balaban J connectivity index is 1.91. The van der Waals surface area contributed by atoms with Crippen molar-refractivity contribution in [2.75, 3.05) is 30.9 Å². The SMILES string of the molecule is COc1ccc(C(=O)CN(C2=NCCCS2)c2cccc(C)c2C)cc1. The second kappa shape index (κ2) is 8.41. The molecule has 0 unspecified atom stereocenters. The number of methoxy groups -OCH3 is 1. The fourth-order valence-corrected chi connectivity index (χ4v) is 3.86. The molecule has 1 aliphatic rings. The lowest BCUT2D eigenvalue weighted by Crippen LogP contribution is -2.36. The van der Waals surface area contributed by atoms with Crippen LogP contribution in [-0.4, -0.2) is 36.9 Å². The summed E-state index contributed by atoms with van der Waals surface area (Å²) in [4.78, 5) is 19.7. The standard InChI is InChI=1S/C21H24N2O2S/c1-15-6-4-7-19(16(15)2)23(21-22-12-5-13-26-21)14-20(24)17-8-10-18(25-3)11-9-17/h4,6-11H,5,12-14H2,1-3H3. The Bertz CT molecular complexity index is 815. The number of thioether (sulfide) groups is 1. The molecule has 136 valence electrons. The van der Waals surface area contributed by atoms with Gasteiger partial charge in [-0.15, -0.1) is 0 Å². The zero-order valence-corrected chi connectivity index (χ0v) is 16.3. The summed E-state index contributed by atoms with van der Waals surface area (Å²) in [7, 11) is 1.62. The quantitative estimate of drug-likeness (QED) is 0.729. The highest BCUT2D eigenvalue weighted by atomic mass is 32.2. The maximum absolute atomic E-state index is 12.9. The van der Waals surface area contributed by atoms with Crippen molar-refractivity contribution in [3.05, 3.63) is 59.2 Å². The van der Waals surface area contributed by atoms with Gasteiger partial charge in [-0.25, -0.2) is 0 Å². The first-order valence-electron chi connectivity index (χ1n) is 8.78. The largest absolute Gasteiger partial charge is 0.497 e. The number of rotatable bonds is 5. The number of nitrogens with zero attached hydrogens (tertiary/aromatic N) is 2. The summed E-state index contributed by atoms with van der Waals surface area (Å²) in [6.45, 7) is 5.30. The van der Waals surface area contributed by atoms with Crippen LogP contribution in [0.25, 0.3) is 0 Å². The summed E-state index contributed by atoms with van der Waals surface area (Å²) in [5, 5.41) is 0.937. The fraction of sp³-hybridized carbons (Fsp3) is 0.333. The summed E-state index contributed by atoms with van der Waals surface area (Å²) in [5.41, 5.74) is 4.14. The Labute approximate surface area is 159 Å². The van der Waals surface area contributed by atoms with Crippen LogP contribution in [0.1, 0.15) is 27.9 Å². The lowest BCUT2D eigenvalue weighted by molar-refractivity contribution is 0.100. The number of benzene rings is 2. The number of hydrogen-bond acceptors (Lipinski definition) is 5. The maximum atomic E-state index is 12.9. The van der Waals surface area contributed by atoms with E-state index in [-0.39, 0.29) is 12.3 Å². The van der Waals surface area contributed by atoms with Crippen molar-refractivity contribution >= 4 is 28.4 Å². The predicted octanol–water partition coefficient (Wildman–Crippen LogP) is 4.49. The molecule has 1 heterocycles. The summed E-state index contributed by atoms with van der Waals surface area (Å²) >= 11 is 1.73. The van der Waals surface area contributed by atoms with Gasteiger partial charge >= 0.3 is 0 Å². The topological polar surface area (TPSA) is 41.9 Å². The number of carbonyl (C=O) groups is 1. The van der Waals surface area contributed by atoms with Crippen LogP contribution in [-0.2, 0) is 0 Å². The molecule has 26 heavy (non-hydrogen) atoms. The van der Waals surface area contributed by atoms with E-state index >= 15 is 0 Å². The average Bonchev–Trinajstić information content (AvgIpc) is 2.69. The van der Waals surface area contributed by atoms with E-state index in [0.29, 0.717) is 5.56 Å². The van der Waals surface area contributed by atoms with Crippen LogP contribution in [0, 0.1) is 13.8 Å². The van der Waals surface area contributed by atoms with Crippen LogP contribution in [0.3, 0.4) is 0 Å². The maximum Gasteiger partial charge on any atom is 0.182 e. The molecule has 0 aliphatic carbocycles. The first-order valence-corrected chi connectivity index (χ1v) is 9.77. The molecule has 0 bridgehead atoms. The van der Waals surface area contributed by atoms with Crippen molar-refractivity contribution < 1.29 is 9.53 Å². The lowest BCUT2D eigenvalue weighted by Gasteiger charge is -2.29. The van der Waals surface area contributed by atoms with Crippen LogP contribution in [0.15, 0.2) is 47.5 Å². The van der Waals surface area contributed by atoms with E-state index in [0.717, 1.165) is 35.3 Å². The van der Waals surface area contributed by atoms with Crippen molar-refractivity contribution in [1.82, 2.24) is 0 Å². The van der Waals surface area contributed by atoms with E-state index in [1.807, 2.05) is 30.3 Å². The van der Waals surface area contributed by atoms with Gasteiger partial charge in [-0.1, -0.05) is 23.9 Å². The van der Waals surface area contributed by atoms with Crippen LogP contribution in [0.4, 0.5) is 5.69 Å². The molecule has 0 fully saturated rings. The zero-order chi connectivity index (χ0) is 18.5. The minimum Gasteiger partial charge on any atom is -0.497 e. The van der Waals surface area contributed by atoms with Gasteiger partial charge in [-0.2, -0.15) is 0 Å². The van der Waals surface area contributed by atoms with Gasteiger partial charge in [-0.3, -0.25) is 9.79 Å². The van der Waals surface area contributed by atoms with Crippen molar-refractivity contribution in [2.45, 2.75) is 20.3 Å². The Hall–Kier alpha value is -2.27. The highest BCUT2D eigenvalue weighted by Crippen LogP contribution is 2.28. The molecule has 2 aromatic rings. The van der Waals surface area contributed by atoms with Gasteiger partial charge < -0.3 is 9.64 Å². The zero-order valence-electron chi connectivity index (χ0n) is 15.5. The van der Waals surface area contributed by atoms with Gasteiger partial charge in [0.05, 0.1) is 13.7 Å². The van der Waals surface area contributed by atoms with E-state index < -0.39 is 0 Å². The third-order valence-electron chi connectivity index (χ3n) is 4.59. The molecule has 0 saturated heterocycles. The molecule has 1 aliphatic heterocycles. The monoisotopic (exact) mass is 368 g/mol. The molecule has 4 nitrogen and oxygen atoms in total. The molecule has 0 radical (unpaired) electrons. The van der Waals surface area contributed by atoms with Crippen LogP contribution >= 0.6 is 11.8 Å². The molecule has 0 amide bonds. The van der Waals surface area contributed by atoms with Crippen molar-refractivity contribution in [1.29, 1.82) is 0 Å². The number of hydrogen-bond donors (Lipinski definition) is 0. The molecule has 0 aromatic heterocycles. The summed E-state index contributed by atoms with van der Waals surface area (Å²) in [6, 6.07) is 13.5. The third-order valence-corrected chi connectivity index (χ3v) is 5.69. The molecule has 5 heteroatoms. The minimum absolute atomic E-state index is 0.0717. The first-order chi connectivity index (χ1) is 12.6. The van der Waals surface area contributed by atoms with Gasteiger partial charge in [0.2, 0.25) is 0 Å². The fourth-order valence-electron chi connectivity index (χ4n) is 2.91. The highest BCUT2D eigenvalue weighted by Gasteiger charge is 2.22. The molecule has 0 N–H and O–H groups in total. The Morgan fingerprint density at radius 2 is 1.96 bits per heavy atom. The van der Waals surface area contributed by atoms with Gasteiger partial charge in [0.15, 0.2) is 11.0 Å². The minimum atomic E-state index is 0.0717. The summed E-state index contributed by atoms with van der Waals surface area (Å²) < 4.78 is 5.18. The van der Waals surface area contributed by atoms with E-state index in [9.17, 15) is 4.79 Å². The second-order valence-electron chi connectivity index (χ2n) is 6.32. The van der Waals surface area contributed by atoms with Crippen LogP contribution < -0.4 is 9.64 Å². The number of anilines is 1. The normalized spacial score (nSPS) is 13.9. The predicted molar refractivity (Wildman–Crippen MR) is 110 cm³/mol. The summed E-state index contributed by atoms with van der Waals surface area (Å²) in [6.07, 6.45) is 1.08. The molecule has 0 saturated carbocycles. The van der Waals surface area contributed by atoms with Gasteiger partial charge in [0.25, 0.3) is 0 Å². The van der Waals surface area contributed by atoms with Gasteiger partial charge in [0.1, 0.15) is 5.75 Å². The molecule has 3 rings (SSSR count). The number of Topliss-reactive ketones (excluding diaryl/α,β-unsaturated/α-hetero) is 1. The third kappa shape index (κ3) is 4.10. The smallest absolute Gasteiger partial charge is 0.182 e. The number of amidine groups is 1. The number of ether oxygens (including phenoxy) is 1. The number of carbonyl (C=O) groups excluding carboxylic acids is 1. The Morgan fingerprint density at radius 3 is 2.62 bits per heavy atom. The number of aryl methyl sites for hydroxylation is 1. The Morgan fingerprint density at radius 1 is 1.19 bits per heavy atom. The molecule has 2 aromatic carbocycles. The Kier molecular flexibility index (Phi) is 5.99. The first kappa shape index (κ1) is 18.5. The van der Waals surface area contributed by atoms with Crippen LogP contribution in [0.2, 0.25) is 0 Å². The van der Waals surface area contributed by atoms with Crippen molar-refractivity contribution in [3.8, 4) is 5.75 Å². The van der Waals surface area contributed by atoms with E-state index in [1.54, 1.807) is 18.9 Å². The van der Waals surface area contributed by atoms with E-state index in [2.05, 4.69) is 35.9 Å². The van der Waals surface area contributed by atoms with Gasteiger partial charge in [0, 0.05) is 23.5 Å². The molecular formula is C21H24N2O2S. The molecular weight excluding hydrogens is 344 g/mol. The van der Waals surface area contributed by atoms with E-state index in [4.69, 9.17) is 4.74 Å². The number of aliphatic imine (C=N–C) groups is 1. The second-order valence-corrected chi connectivity index (χ2v) is 7.39. The van der Waals surface area contributed by atoms with E-state index in [1.165, 1.54) is 11.1 Å². The highest BCUT2D eigenvalue weighted by molar-refractivity contribution is 8.14. The molecule has 0 atom stereocenters. The van der Waals surface area contributed by atoms with Gasteiger partial charge in [-0.05, 0) is 61.7 Å². The summed E-state index contributed by atoms with van der Waals surface area (Å²) in [5.74, 6) is 1.86. The molecule has 0 spiro atoms. The van der Waals surface area contributed by atoms with Crippen molar-refractivity contribution in [2.24, 2.45) is 4.99 Å². The van der Waals surface area contributed by atoms with Crippen LogP contribution in [0.5, 0.6) is 5.75 Å². The number of ketones is 1. The lowest BCUT2D eigenvalue weighted by atomic mass is 10.1. The average molecular weight is 369 g/mol. The van der Waals surface area contributed by atoms with Crippen molar-refractivity contribution in [3.63, 3.8) is 0 Å².